The number of ether oxygens (including phenoxy) is 3. The van der Waals surface area contributed by atoms with Crippen LogP contribution in [0.2, 0.25) is 0 Å². The summed E-state index contributed by atoms with van der Waals surface area (Å²) < 4.78 is 16.5. The monoisotopic (exact) mass is 495 g/mol. The van der Waals surface area contributed by atoms with Crippen molar-refractivity contribution >= 4 is 11.6 Å². The number of likely N-dealkylation sites (tertiary alicyclic amines) is 1. The van der Waals surface area contributed by atoms with Crippen LogP contribution in [-0.4, -0.2) is 54.1 Å². The second-order valence-corrected chi connectivity index (χ2v) is 10.0. The van der Waals surface area contributed by atoms with E-state index in [-0.39, 0.29) is 36.8 Å². The summed E-state index contributed by atoms with van der Waals surface area (Å²) in [4.78, 5) is 27.8. The largest absolute Gasteiger partial charge is 0.491 e. The molecular formula is C29H37NO6. The van der Waals surface area contributed by atoms with Crippen LogP contribution in [0.4, 0.5) is 0 Å². The highest BCUT2D eigenvalue weighted by atomic mass is 16.7. The van der Waals surface area contributed by atoms with Crippen molar-refractivity contribution in [2.24, 2.45) is 5.92 Å². The summed E-state index contributed by atoms with van der Waals surface area (Å²) in [5, 5.41) is 11.2. The second kappa shape index (κ2) is 12.4. The average molecular weight is 496 g/mol. The van der Waals surface area contributed by atoms with Gasteiger partial charge < -0.3 is 24.2 Å². The van der Waals surface area contributed by atoms with Crippen molar-refractivity contribution in [3.8, 4) is 17.2 Å². The Labute approximate surface area is 213 Å². The molecule has 1 N–H and O–H groups in total. The number of fused-ring (bicyclic) bond motifs is 1. The van der Waals surface area contributed by atoms with Crippen molar-refractivity contribution in [1.82, 2.24) is 4.90 Å². The zero-order valence-electron chi connectivity index (χ0n) is 21.3. The van der Waals surface area contributed by atoms with Crippen LogP contribution in [-0.2, 0) is 4.79 Å². The van der Waals surface area contributed by atoms with E-state index in [4.69, 9.17) is 14.2 Å². The van der Waals surface area contributed by atoms with Gasteiger partial charge in [0.15, 0.2) is 17.3 Å². The summed E-state index contributed by atoms with van der Waals surface area (Å²) in [5.41, 5.74) is 1.36. The Morgan fingerprint density at radius 3 is 2.44 bits per heavy atom. The highest BCUT2D eigenvalue weighted by Gasteiger charge is 2.28. The van der Waals surface area contributed by atoms with Crippen LogP contribution in [0.25, 0.3) is 0 Å². The van der Waals surface area contributed by atoms with Gasteiger partial charge in [-0.2, -0.15) is 0 Å². The molecule has 0 bridgehead atoms. The van der Waals surface area contributed by atoms with Gasteiger partial charge >= 0.3 is 0 Å². The maximum absolute atomic E-state index is 12.9. The molecule has 0 unspecified atom stereocenters. The number of carbonyl (C=O) groups is 2. The highest BCUT2D eigenvalue weighted by Crippen LogP contribution is 2.37. The van der Waals surface area contributed by atoms with Crippen molar-refractivity contribution < 1.29 is 28.9 Å². The van der Waals surface area contributed by atoms with E-state index < -0.39 is 6.10 Å². The van der Waals surface area contributed by atoms with E-state index >= 15 is 0 Å². The number of carbonyl (C=O) groups excluding carboxylic acids is 2. The van der Waals surface area contributed by atoms with E-state index in [1.807, 2.05) is 32.0 Å². The van der Waals surface area contributed by atoms with Crippen LogP contribution in [0.1, 0.15) is 74.4 Å². The summed E-state index contributed by atoms with van der Waals surface area (Å²) in [6.45, 7) is 6.76. The van der Waals surface area contributed by atoms with E-state index in [2.05, 4.69) is 4.90 Å². The molecule has 194 valence electrons. The molecule has 0 aromatic heterocycles. The molecule has 0 radical (unpaired) electrons. The Morgan fingerprint density at radius 1 is 1.00 bits per heavy atom. The zero-order chi connectivity index (χ0) is 25.5. The van der Waals surface area contributed by atoms with E-state index in [1.165, 1.54) is 0 Å². The molecular weight excluding hydrogens is 458 g/mol. The van der Waals surface area contributed by atoms with Gasteiger partial charge in [-0.05, 0) is 88.2 Å². The average Bonchev–Trinajstić information content (AvgIpc) is 3.54. The first-order valence-corrected chi connectivity index (χ1v) is 13.0. The van der Waals surface area contributed by atoms with Gasteiger partial charge in [0, 0.05) is 37.3 Å². The van der Waals surface area contributed by atoms with Gasteiger partial charge in [0.05, 0.1) is 12.2 Å². The van der Waals surface area contributed by atoms with Crippen molar-refractivity contribution in [3.05, 3.63) is 53.6 Å². The first kappa shape index (κ1) is 26.2. The molecule has 2 aromatic rings. The van der Waals surface area contributed by atoms with Gasteiger partial charge in [0.2, 0.25) is 6.79 Å². The lowest BCUT2D eigenvalue weighted by Crippen LogP contribution is -2.31. The number of aliphatic hydroxyl groups is 1. The van der Waals surface area contributed by atoms with Crippen LogP contribution in [0.15, 0.2) is 42.5 Å². The number of benzene rings is 2. The summed E-state index contributed by atoms with van der Waals surface area (Å²) in [6, 6.07) is 12.6. The van der Waals surface area contributed by atoms with Gasteiger partial charge in [-0.15, -0.1) is 0 Å². The third kappa shape index (κ3) is 7.08. The van der Waals surface area contributed by atoms with Crippen molar-refractivity contribution in [1.29, 1.82) is 0 Å². The van der Waals surface area contributed by atoms with E-state index in [0.717, 1.165) is 37.2 Å². The molecule has 2 aromatic carbocycles. The Morgan fingerprint density at radius 2 is 1.72 bits per heavy atom. The minimum Gasteiger partial charge on any atom is -0.491 e. The highest BCUT2D eigenvalue weighted by molar-refractivity contribution is 5.96. The molecule has 0 spiro atoms. The number of rotatable bonds is 13. The molecule has 7 heteroatoms. The van der Waals surface area contributed by atoms with Gasteiger partial charge in [-0.25, -0.2) is 0 Å². The Bertz CT molecular complexity index is 1030. The van der Waals surface area contributed by atoms with Crippen LogP contribution < -0.4 is 14.2 Å². The lowest BCUT2D eigenvalue weighted by molar-refractivity contribution is -0.121. The SMILES string of the molecule is CC(C)Oc1ccc(C(=O)CCCC(=O)C[C@H](CN2CCCC2)[C@H](O)c2ccc3c(c2)OCO3)cc1. The topological polar surface area (TPSA) is 85.3 Å². The summed E-state index contributed by atoms with van der Waals surface area (Å²) in [6.07, 6.45) is 3.01. The van der Waals surface area contributed by atoms with Crippen molar-refractivity contribution in [3.63, 3.8) is 0 Å². The van der Waals surface area contributed by atoms with Gasteiger partial charge in [0.1, 0.15) is 11.5 Å². The first-order valence-electron chi connectivity index (χ1n) is 13.0. The molecule has 1 saturated heterocycles. The smallest absolute Gasteiger partial charge is 0.231 e. The predicted molar refractivity (Wildman–Crippen MR) is 137 cm³/mol. The fraction of sp³-hybridized carbons (Fsp3) is 0.517. The first-order chi connectivity index (χ1) is 17.4. The maximum atomic E-state index is 12.9. The molecule has 1 fully saturated rings. The molecule has 0 saturated carbocycles. The molecule has 4 rings (SSSR count). The number of hydrogen-bond acceptors (Lipinski definition) is 7. The molecule has 2 aliphatic rings. The number of aliphatic hydroxyl groups excluding tert-OH is 1. The minimum atomic E-state index is -0.780. The number of nitrogens with zero attached hydrogens (tertiary/aromatic N) is 1. The molecule has 7 nitrogen and oxygen atoms in total. The molecule has 36 heavy (non-hydrogen) atoms. The summed E-state index contributed by atoms with van der Waals surface area (Å²) in [5.74, 6) is 1.91. The quantitative estimate of drug-likeness (QED) is 0.393. The van der Waals surface area contributed by atoms with Crippen LogP contribution in [0.3, 0.4) is 0 Å². The number of hydrogen-bond donors (Lipinski definition) is 1. The molecule has 2 atom stereocenters. The van der Waals surface area contributed by atoms with Crippen LogP contribution in [0.5, 0.6) is 17.2 Å². The fourth-order valence-corrected chi connectivity index (χ4v) is 4.92. The lowest BCUT2D eigenvalue weighted by atomic mass is 9.89. The van der Waals surface area contributed by atoms with E-state index in [0.29, 0.717) is 42.9 Å². The zero-order valence-corrected chi connectivity index (χ0v) is 21.3. The fourth-order valence-electron chi connectivity index (χ4n) is 4.92. The van der Waals surface area contributed by atoms with Crippen molar-refractivity contribution in [2.75, 3.05) is 26.4 Å². The van der Waals surface area contributed by atoms with Crippen LogP contribution in [0, 0.1) is 5.92 Å². The lowest BCUT2D eigenvalue weighted by Gasteiger charge is -2.27. The third-order valence-electron chi connectivity index (χ3n) is 6.77. The standard InChI is InChI=1S/C29H37NO6/c1-20(2)36-25-11-8-21(9-12-25)26(32)7-5-6-24(31)16-23(18-30-14-3-4-15-30)29(33)22-10-13-27-28(17-22)35-19-34-27/h8-13,17,20,23,29,33H,3-7,14-16,18-19H2,1-2H3/t23-,29-/m1/s1. The van der Waals surface area contributed by atoms with Crippen LogP contribution >= 0.6 is 0 Å². The molecule has 0 amide bonds. The second-order valence-electron chi connectivity index (χ2n) is 10.0. The maximum Gasteiger partial charge on any atom is 0.231 e. The van der Waals surface area contributed by atoms with Gasteiger partial charge in [-0.1, -0.05) is 6.07 Å². The van der Waals surface area contributed by atoms with E-state index in [9.17, 15) is 14.7 Å². The molecule has 2 aliphatic heterocycles. The van der Waals surface area contributed by atoms with Crippen molar-refractivity contribution in [2.45, 2.75) is 64.6 Å². The summed E-state index contributed by atoms with van der Waals surface area (Å²) in [7, 11) is 0. The van der Waals surface area contributed by atoms with Gasteiger partial charge in [0.25, 0.3) is 0 Å². The normalized spacial score (nSPS) is 16.8. The predicted octanol–water partition coefficient (Wildman–Crippen LogP) is 4.96. The minimum absolute atomic E-state index is 0.0212. The van der Waals surface area contributed by atoms with Gasteiger partial charge in [-0.3, -0.25) is 9.59 Å². The van der Waals surface area contributed by atoms with E-state index in [1.54, 1.807) is 24.3 Å². The summed E-state index contributed by atoms with van der Waals surface area (Å²) >= 11 is 0. The Kier molecular flexibility index (Phi) is 8.99. The Balaban J connectivity index is 1.31. The molecule has 2 heterocycles. The Hall–Kier alpha value is -2.90. The number of ketones is 2. The molecule has 0 aliphatic carbocycles. The third-order valence-corrected chi connectivity index (χ3v) is 6.77. The number of Topliss-reactive ketones (excluding diaryl/α,β-unsaturated/α-hetero) is 2.